The zero-order valence-electron chi connectivity index (χ0n) is 17.9. The first-order valence-corrected chi connectivity index (χ1v) is 12.0. The standard InChI is InChI=1S/C21H23N3S.C6H4/c1-3-17-12-13-25-20(17)19-21(22-14-16-9-5-4-6-10-16)24-15(2)8-7-11-18(24)23-19;1-2-5-4-6(5)3-1/h1,7-8,11-13,16,22H,4-6,9-10,14H2,2H3;1-4H. The summed E-state index contributed by atoms with van der Waals surface area (Å²) < 4.78 is 2.22. The van der Waals surface area contributed by atoms with Gasteiger partial charge in [0.2, 0.25) is 0 Å². The lowest BCUT2D eigenvalue weighted by atomic mass is 9.89. The van der Waals surface area contributed by atoms with E-state index in [-0.39, 0.29) is 0 Å². The van der Waals surface area contributed by atoms with Gasteiger partial charge in [-0.15, -0.1) is 17.8 Å². The molecule has 0 aliphatic heterocycles. The number of hydrogen-bond donors (Lipinski definition) is 1. The average molecular weight is 426 g/mol. The van der Waals surface area contributed by atoms with Crippen molar-refractivity contribution >= 4 is 22.8 Å². The van der Waals surface area contributed by atoms with E-state index in [1.807, 2.05) is 11.4 Å². The van der Waals surface area contributed by atoms with E-state index < -0.39 is 0 Å². The van der Waals surface area contributed by atoms with Gasteiger partial charge in [0.05, 0.1) is 4.88 Å². The van der Waals surface area contributed by atoms with Crippen molar-refractivity contribution in [2.75, 3.05) is 11.9 Å². The molecule has 3 aromatic rings. The molecule has 3 heterocycles. The number of fused-ring (bicyclic) bond motifs is 2. The predicted octanol–water partition coefficient (Wildman–Crippen LogP) is 7.01. The summed E-state index contributed by atoms with van der Waals surface area (Å²) >= 11 is 1.67. The summed E-state index contributed by atoms with van der Waals surface area (Å²) in [4.78, 5) is 5.98. The van der Waals surface area contributed by atoms with Gasteiger partial charge >= 0.3 is 0 Å². The molecule has 0 radical (unpaired) electrons. The first kappa shape index (κ1) is 19.9. The van der Waals surface area contributed by atoms with E-state index >= 15 is 0 Å². The van der Waals surface area contributed by atoms with Gasteiger partial charge in [0, 0.05) is 17.8 Å². The number of hydrogen-bond acceptors (Lipinski definition) is 3. The van der Waals surface area contributed by atoms with Crippen LogP contribution in [0.25, 0.3) is 27.3 Å². The maximum Gasteiger partial charge on any atom is 0.139 e. The van der Waals surface area contributed by atoms with E-state index in [9.17, 15) is 0 Å². The molecule has 0 unspecified atom stereocenters. The van der Waals surface area contributed by atoms with Gasteiger partial charge in [-0.05, 0) is 66.5 Å². The van der Waals surface area contributed by atoms with Gasteiger partial charge in [-0.25, -0.2) is 4.98 Å². The van der Waals surface area contributed by atoms with Crippen LogP contribution < -0.4 is 5.32 Å². The van der Waals surface area contributed by atoms with Crippen LogP contribution in [0.2, 0.25) is 0 Å². The molecule has 3 aromatic heterocycles. The summed E-state index contributed by atoms with van der Waals surface area (Å²) in [5, 5.41) is 5.77. The minimum atomic E-state index is 0.756. The van der Waals surface area contributed by atoms with Crippen molar-refractivity contribution in [3.63, 3.8) is 0 Å². The lowest BCUT2D eigenvalue weighted by Gasteiger charge is -2.22. The molecular formula is C27H27N3S. The summed E-state index contributed by atoms with van der Waals surface area (Å²) in [5.41, 5.74) is 6.91. The minimum absolute atomic E-state index is 0.756. The summed E-state index contributed by atoms with van der Waals surface area (Å²) in [5.74, 6) is 4.64. The van der Waals surface area contributed by atoms with Crippen LogP contribution in [-0.4, -0.2) is 15.9 Å². The van der Waals surface area contributed by atoms with Gasteiger partial charge in [0.1, 0.15) is 17.2 Å². The second kappa shape index (κ2) is 8.61. The highest BCUT2D eigenvalue weighted by Gasteiger charge is 2.20. The molecule has 0 aromatic carbocycles. The number of anilines is 1. The van der Waals surface area contributed by atoms with E-state index in [0.29, 0.717) is 0 Å². The van der Waals surface area contributed by atoms with Crippen LogP contribution in [0.5, 0.6) is 0 Å². The number of imidazole rings is 1. The maximum absolute atomic E-state index is 5.70. The van der Waals surface area contributed by atoms with Gasteiger partial charge < -0.3 is 5.32 Å². The van der Waals surface area contributed by atoms with E-state index in [1.165, 1.54) is 48.9 Å². The van der Waals surface area contributed by atoms with Crippen molar-refractivity contribution in [1.82, 2.24) is 9.38 Å². The molecule has 1 N–H and O–H groups in total. The number of rotatable bonds is 4. The van der Waals surface area contributed by atoms with Crippen molar-refractivity contribution in [1.29, 1.82) is 0 Å². The zero-order valence-corrected chi connectivity index (χ0v) is 18.7. The van der Waals surface area contributed by atoms with Crippen molar-refractivity contribution in [2.45, 2.75) is 39.0 Å². The number of nitrogens with zero attached hydrogens (tertiary/aromatic N) is 2. The summed E-state index contributed by atoms with van der Waals surface area (Å²) in [7, 11) is 0. The molecule has 1 saturated carbocycles. The van der Waals surface area contributed by atoms with Crippen LogP contribution in [0.3, 0.4) is 0 Å². The molecule has 156 valence electrons. The molecule has 0 amide bonds. The Balaban J connectivity index is 0.000000289. The molecule has 6 rings (SSSR count). The largest absolute Gasteiger partial charge is 0.369 e. The molecule has 3 nitrogen and oxygen atoms in total. The number of benzene rings is 1. The first-order valence-electron chi connectivity index (χ1n) is 11.1. The highest BCUT2D eigenvalue weighted by Crippen LogP contribution is 2.36. The fraction of sp³-hybridized carbons (Fsp3) is 0.296. The Morgan fingerprint density at radius 3 is 2.55 bits per heavy atom. The predicted molar refractivity (Wildman–Crippen MR) is 132 cm³/mol. The molecule has 0 spiro atoms. The number of thiophene rings is 1. The smallest absolute Gasteiger partial charge is 0.139 e. The quantitative estimate of drug-likeness (QED) is 0.314. The number of pyridine rings is 1. The second-order valence-electron chi connectivity index (χ2n) is 8.44. The van der Waals surface area contributed by atoms with Crippen molar-refractivity contribution in [2.24, 2.45) is 5.92 Å². The van der Waals surface area contributed by atoms with E-state index in [1.54, 1.807) is 11.3 Å². The highest BCUT2D eigenvalue weighted by molar-refractivity contribution is 7.13. The molecule has 0 bridgehead atoms. The summed E-state index contributed by atoms with van der Waals surface area (Å²) in [6, 6.07) is 16.7. The molecule has 1 fully saturated rings. The number of nitrogens with one attached hydrogen (secondary N) is 1. The molecule has 3 aliphatic rings. The van der Waals surface area contributed by atoms with Crippen LogP contribution in [0, 0.1) is 25.2 Å². The zero-order chi connectivity index (χ0) is 21.2. The SMILES string of the molecule is C#Cc1ccsc1-c1nc2cccc(C)n2c1NCC1CCCCC1.c1cc2cc-2c1. The number of aromatic nitrogens is 2. The normalized spacial score (nSPS) is 14.6. The van der Waals surface area contributed by atoms with Crippen molar-refractivity contribution in [3.8, 4) is 34.0 Å². The summed E-state index contributed by atoms with van der Waals surface area (Å²) in [6.07, 6.45) is 12.5. The Morgan fingerprint density at radius 1 is 1.10 bits per heavy atom. The van der Waals surface area contributed by atoms with Crippen LogP contribution in [0.15, 0.2) is 53.9 Å². The number of terminal acetylenes is 1. The van der Waals surface area contributed by atoms with Gasteiger partial charge in [-0.2, -0.15) is 0 Å². The molecule has 0 saturated heterocycles. The van der Waals surface area contributed by atoms with Gasteiger partial charge in [-0.3, -0.25) is 4.40 Å². The molecular weight excluding hydrogens is 398 g/mol. The number of aryl methyl sites for hydroxylation is 1. The second-order valence-corrected chi connectivity index (χ2v) is 9.36. The average Bonchev–Trinajstić information content (AvgIpc) is 3.18. The van der Waals surface area contributed by atoms with Gasteiger partial charge in [0.25, 0.3) is 0 Å². The maximum atomic E-state index is 5.70. The van der Waals surface area contributed by atoms with Gasteiger partial charge in [-0.1, -0.05) is 49.4 Å². The van der Waals surface area contributed by atoms with E-state index in [2.05, 4.69) is 65.0 Å². The van der Waals surface area contributed by atoms with Gasteiger partial charge in [0.15, 0.2) is 0 Å². The summed E-state index contributed by atoms with van der Waals surface area (Å²) in [6.45, 7) is 3.13. The molecule has 4 heteroatoms. The fourth-order valence-electron chi connectivity index (χ4n) is 4.49. The van der Waals surface area contributed by atoms with Crippen LogP contribution in [0.4, 0.5) is 5.82 Å². The Morgan fingerprint density at radius 2 is 1.87 bits per heavy atom. The minimum Gasteiger partial charge on any atom is -0.369 e. The Kier molecular flexibility index (Phi) is 5.53. The van der Waals surface area contributed by atoms with Crippen molar-refractivity contribution in [3.05, 3.63) is 65.2 Å². The lowest BCUT2D eigenvalue weighted by molar-refractivity contribution is 0.373. The Labute approximate surface area is 188 Å². The Bertz CT molecular complexity index is 1230. The topological polar surface area (TPSA) is 29.3 Å². The lowest BCUT2D eigenvalue weighted by Crippen LogP contribution is -2.18. The first-order chi connectivity index (χ1) is 15.2. The van der Waals surface area contributed by atoms with Crippen LogP contribution in [0.1, 0.15) is 43.4 Å². The Hall–Kier alpha value is -3.03. The molecule has 3 aliphatic carbocycles. The van der Waals surface area contributed by atoms with Crippen LogP contribution in [-0.2, 0) is 0 Å². The van der Waals surface area contributed by atoms with Crippen LogP contribution >= 0.6 is 11.3 Å². The third kappa shape index (κ3) is 4.11. The third-order valence-electron chi connectivity index (χ3n) is 6.27. The van der Waals surface area contributed by atoms with E-state index in [0.717, 1.165) is 40.1 Å². The monoisotopic (exact) mass is 425 g/mol. The molecule has 31 heavy (non-hydrogen) atoms. The fourth-order valence-corrected chi connectivity index (χ4v) is 5.34. The van der Waals surface area contributed by atoms with E-state index in [4.69, 9.17) is 11.4 Å². The molecule has 0 atom stereocenters. The highest BCUT2D eigenvalue weighted by atomic mass is 32.1. The van der Waals surface area contributed by atoms with Crippen molar-refractivity contribution < 1.29 is 0 Å². The third-order valence-corrected chi connectivity index (χ3v) is 7.19.